The van der Waals surface area contributed by atoms with Crippen molar-refractivity contribution in [2.24, 2.45) is 0 Å². The number of ether oxygens (including phenoxy) is 2. The van der Waals surface area contributed by atoms with Crippen molar-refractivity contribution in [2.45, 2.75) is 51.0 Å². The Kier molecular flexibility index (Phi) is 7.49. The van der Waals surface area contributed by atoms with Crippen LogP contribution >= 0.6 is 0 Å². The quantitative estimate of drug-likeness (QED) is 0.461. The Morgan fingerprint density at radius 1 is 0.966 bits per heavy atom. The molecule has 0 bridgehead atoms. The smallest absolute Gasteiger partial charge is 0.331 e. The van der Waals surface area contributed by atoms with Crippen LogP contribution in [-0.4, -0.2) is 34.5 Å². The van der Waals surface area contributed by atoms with Gasteiger partial charge in [-0.1, -0.05) is 51.1 Å². The summed E-state index contributed by atoms with van der Waals surface area (Å²) in [6, 6.07) is 16.6. The fourth-order valence-corrected chi connectivity index (χ4v) is 3.98. The average molecular weight is 416 g/mol. The molecule has 1 N–H and O–H groups in total. The number of nitrogens with one attached hydrogen (secondary N) is 1. The molecule has 6 heteroatoms. The van der Waals surface area contributed by atoms with Gasteiger partial charge >= 0.3 is 5.97 Å². The third-order valence-electron chi connectivity index (χ3n) is 5.53. The largest absolute Gasteiger partial charge is 0.497 e. The molecule has 0 aliphatic carbocycles. The summed E-state index contributed by atoms with van der Waals surface area (Å²) in [5, 5.41) is 3.32. The van der Waals surface area contributed by atoms with E-state index in [1.165, 1.54) is 7.11 Å². The lowest BCUT2D eigenvalue weighted by Crippen LogP contribution is -2.47. The second-order valence-electron chi connectivity index (χ2n) is 8.58. The molecule has 0 heterocycles. The molecule has 0 aliphatic rings. The Labute approximate surface area is 175 Å². The first-order valence-electron chi connectivity index (χ1n) is 9.80. The first-order chi connectivity index (χ1) is 13.6. The van der Waals surface area contributed by atoms with Gasteiger partial charge in [-0.05, 0) is 48.0 Å². The Bertz CT molecular complexity index is 785. The highest BCUT2D eigenvalue weighted by Crippen LogP contribution is 2.41. The summed E-state index contributed by atoms with van der Waals surface area (Å²) in [5.74, 6) is 0.385. The number of benzene rings is 2. The summed E-state index contributed by atoms with van der Waals surface area (Å²) in [6.07, 6.45) is -0.480. The highest BCUT2D eigenvalue weighted by atomic mass is 28.4. The van der Waals surface area contributed by atoms with Crippen LogP contribution in [0.1, 0.15) is 32.4 Å². The molecule has 0 aliphatic heterocycles. The van der Waals surface area contributed by atoms with E-state index < -0.39 is 20.5 Å². The Morgan fingerprint density at radius 3 is 2.03 bits per heavy atom. The van der Waals surface area contributed by atoms with Gasteiger partial charge < -0.3 is 19.2 Å². The highest BCUT2D eigenvalue weighted by molar-refractivity contribution is 6.74. The molecule has 2 atom stereocenters. The fourth-order valence-electron chi connectivity index (χ4n) is 2.72. The Hall–Kier alpha value is -2.31. The van der Waals surface area contributed by atoms with Gasteiger partial charge in [-0.15, -0.1) is 0 Å². The summed E-state index contributed by atoms with van der Waals surface area (Å²) in [7, 11) is 0.854. The lowest BCUT2D eigenvalue weighted by molar-refractivity contribution is -0.143. The molecule has 0 amide bonds. The molecule has 29 heavy (non-hydrogen) atoms. The van der Waals surface area contributed by atoms with E-state index in [0.717, 1.165) is 17.0 Å². The molecule has 158 valence electrons. The van der Waals surface area contributed by atoms with Crippen LogP contribution in [0.25, 0.3) is 0 Å². The second kappa shape index (κ2) is 9.46. The van der Waals surface area contributed by atoms with Crippen LogP contribution in [0.3, 0.4) is 0 Å². The van der Waals surface area contributed by atoms with Crippen LogP contribution in [0.5, 0.6) is 5.75 Å². The van der Waals surface area contributed by atoms with Crippen LogP contribution in [0, 0.1) is 0 Å². The number of hydrogen-bond donors (Lipinski definition) is 1. The van der Waals surface area contributed by atoms with Crippen LogP contribution in [-0.2, 0) is 14.0 Å². The molecule has 2 aromatic carbocycles. The fraction of sp³-hybridized carbons (Fsp3) is 0.435. The minimum absolute atomic E-state index is 0.000806. The molecule has 5 nitrogen and oxygen atoms in total. The van der Waals surface area contributed by atoms with E-state index in [9.17, 15) is 4.79 Å². The molecule has 2 aromatic rings. The maximum atomic E-state index is 12.8. The zero-order valence-electron chi connectivity index (χ0n) is 18.5. The SMILES string of the molecule is COC(=O)[C@@H](Nc1ccc(OC)cc1)[C@H](O[Si](C)(C)C(C)(C)C)c1ccccc1. The predicted molar refractivity (Wildman–Crippen MR) is 120 cm³/mol. The first kappa shape index (κ1) is 23.0. The number of carbonyl (C=O) groups excluding carboxylic acids is 1. The van der Waals surface area contributed by atoms with E-state index in [0.29, 0.717) is 0 Å². The van der Waals surface area contributed by atoms with Crippen molar-refractivity contribution in [1.82, 2.24) is 0 Å². The topological polar surface area (TPSA) is 56.8 Å². The van der Waals surface area contributed by atoms with Crippen molar-refractivity contribution >= 4 is 20.0 Å². The van der Waals surface area contributed by atoms with Crippen molar-refractivity contribution in [3.63, 3.8) is 0 Å². The Balaban J connectivity index is 2.44. The van der Waals surface area contributed by atoms with Gasteiger partial charge in [0, 0.05) is 5.69 Å². The van der Waals surface area contributed by atoms with E-state index in [-0.39, 0.29) is 11.0 Å². The van der Waals surface area contributed by atoms with Gasteiger partial charge in [0.25, 0.3) is 0 Å². The number of carbonyl (C=O) groups is 1. The monoisotopic (exact) mass is 415 g/mol. The predicted octanol–water partition coefficient (Wildman–Crippen LogP) is 5.41. The maximum Gasteiger partial charge on any atom is 0.331 e. The first-order valence-corrected chi connectivity index (χ1v) is 12.7. The second-order valence-corrected chi connectivity index (χ2v) is 13.3. The number of esters is 1. The van der Waals surface area contributed by atoms with Gasteiger partial charge in [0.15, 0.2) is 14.4 Å². The van der Waals surface area contributed by atoms with Gasteiger partial charge in [-0.25, -0.2) is 4.79 Å². The van der Waals surface area contributed by atoms with E-state index in [4.69, 9.17) is 13.9 Å². The maximum absolute atomic E-state index is 12.8. The molecule has 2 rings (SSSR count). The van der Waals surface area contributed by atoms with Crippen LogP contribution in [0.15, 0.2) is 54.6 Å². The summed E-state index contributed by atoms with van der Waals surface area (Å²) in [5.41, 5.74) is 1.73. The standard InChI is InChI=1S/C23H33NO4Si/c1-23(2,3)29(6,7)28-21(17-11-9-8-10-12-17)20(22(25)27-5)24-18-13-15-19(26-4)16-14-18/h8-16,20-21,24H,1-7H3/t20-,21+/m0/s1. The lowest BCUT2D eigenvalue weighted by Gasteiger charge is -2.41. The summed E-state index contributed by atoms with van der Waals surface area (Å²) >= 11 is 0. The van der Waals surface area contributed by atoms with Crippen molar-refractivity contribution in [2.75, 3.05) is 19.5 Å². The molecular formula is C23H33NO4Si. The molecule has 0 unspecified atom stereocenters. The molecule has 0 radical (unpaired) electrons. The molecular weight excluding hydrogens is 382 g/mol. The molecule has 0 saturated carbocycles. The molecule has 0 aromatic heterocycles. The van der Waals surface area contributed by atoms with Crippen molar-refractivity contribution in [3.8, 4) is 5.75 Å². The number of anilines is 1. The number of methoxy groups -OCH3 is 2. The molecule has 0 fully saturated rings. The van der Waals surface area contributed by atoms with E-state index >= 15 is 0 Å². The third-order valence-corrected chi connectivity index (χ3v) is 9.98. The highest BCUT2D eigenvalue weighted by Gasteiger charge is 2.43. The normalized spacial score (nSPS) is 14.0. The molecule has 0 saturated heterocycles. The van der Waals surface area contributed by atoms with Gasteiger partial charge in [0.05, 0.1) is 14.2 Å². The van der Waals surface area contributed by atoms with Crippen molar-refractivity contribution in [1.29, 1.82) is 0 Å². The zero-order valence-corrected chi connectivity index (χ0v) is 19.5. The summed E-state index contributed by atoms with van der Waals surface area (Å²) in [6.45, 7) is 10.9. The van der Waals surface area contributed by atoms with E-state index in [1.807, 2.05) is 54.6 Å². The molecule has 0 spiro atoms. The summed E-state index contributed by atoms with van der Waals surface area (Å²) in [4.78, 5) is 12.8. The van der Waals surface area contributed by atoms with Crippen molar-refractivity contribution in [3.05, 3.63) is 60.2 Å². The van der Waals surface area contributed by atoms with E-state index in [1.54, 1.807) is 7.11 Å². The summed E-state index contributed by atoms with van der Waals surface area (Å²) < 4.78 is 17.1. The minimum atomic E-state index is -2.17. The number of rotatable bonds is 8. The van der Waals surface area contributed by atoms with Crippen molar-refractivity contribution < 1.29 is 18.7 Å². The minimum Gasteiger partial charge on any atom is -0.497 e. The van der Waals surface area contributed by atoms with Crippen LogP contribution < -0.4 is 10.1 Å². The van der Waals surface area contributed by atoms with E-state index in [2.05, 4.69) is 39.2 Å². The van der Waals surface area contributed by atoms with Gasteiger partial charge in [-0.3, -0.25) is 0 Å². The van der Waals surface area contributed by atoms with Crippen LogP contribution in [0.4, 0.5) is 5.69 Å². The third kappa shape index (κ3) is 5.84. The Morgan fingerprint density at radius 2 is 1.55 bits per heavy atom. The lowest BCUT2D eigenvalue weighted by atomic mass is 10.0. The van der Waals surface area contributed by atoms with Gasteiger partial charge in [-0.2, -0.15) is 0 Å². The van der Waals surface area contributed by atoms with Crippen LogP contribution in [0.2, 0.25) is 18.1 Å². The zero-order chi connectivity index (χ0) is 21.7. The van der Waals surface area contributed by atoms with Gasteiger partial charge in [0.2, 0.25) is 0 Å². The number of hydrogen-bond acceptors (Lipinski definition) is 5. The van der Waals surface area contributed by atoms with Gasteiger partial charge in [0.1, 0.15) is 11.9 Å². The average Bonchev–Trinajstić information content (AvgIpc) is 2.70.